The maximum absolute atomic E-state index is 13.7. The van der Waals surface area contributed by atoms with Gasteiger partial charge in [0.2, 0.25) is 0 Å². The van der Waals surface area contributed by atoms with E-state index in [2.05, 4.69) is 9.97 Å². The molecule has 0 unspecified atom stereocenters. The van der Waals surface area contributed by atoms with Crippen LogP contribution in [0.3, 0.4) is 0 Å². The Bertz CT molecular complexity index is 1020. The van der Waals surface area contributed by atoms with Gasteiger partial charge in [0.25, 0.3) is 5.56 Å². The molecule has 0 amide bonds. The zero-order chi connectivity index (χ0) is 16.7. The number of aromatic amines is 1. The molecule has 0 aliphatic heterocycles. The van der Waals surface area contributed by atoms with Crippen molar-refractivity contribution in [3.05, 3.63) is 62.0 Å². The molecule has 0 bridgehead atoms. The number of rotatable bonds is 2. The number of H-pyrrole nitrogens is 1. The van der Waals surface area contributed by atoms with E-state index in [1.165, 1.54) is 17.0 Å². The summed E-state index contributed by atoms with van der Waals surface area (Å²) in [5.74, 6) is -0.698. The molecule has 1 aliphatic carbocycles. The molecule has 1 aliphatic rings. The van der Waals surface area contributed by atoms with Crippen LogP contribution in [0.4, 0.5) is 8.78 Å². The van der Waals surface area contributed by atoms with Gasteiger partial charge in [-0.3, -0.25) is 4.79 Å². The molecular weight excluding hydrogens is 330 g/mol. The van der Waals surface area contributed by atoms with Gasteiger partial charge >= 0.3 is 0 Å². The Hall–Kier alpha value is -2.34. The zero-order valence-electron chi connectivity index (χ0n) is 12.7. The minimum absolute atomic E-state index is 0.114. The average molecular weight is 344 g/mol. The summed E-state index contributed by atoms with van der Waals surface area (Å²) in [6.07, 6.45) is 7.06. The molecule has 6 heteroatoms. The molecule has 0 saturated carbocycles. The summed E-state index contributed by atoms with van der Waals surface area (Å²) in [5.41, 5.74) is 1.07. The SMILES string of the molecule is O=c1[nH]c(/C=C/c2cc(F)ccc2F)nc2sc3c(c12)CCCC3. The lowest BCUT2D eigenvalue weighted by Gasteiger charge is -2.09. The Morgan fingerprint density at radius 2 is 2.00 bits per heavy atom. The van der Waals surface area contributed by atoms with Crippen molar-refractivity contribution in [2.75, 3.05) is 0 Å². The summed E-state index contributed by atoms with van der Waals surface area (Å²) in [6.45, 7) is 0. The summed E-state index contributed by atoms with van der Waals surface area (Å²) < 4.78 is 26.9. The highest BCUT2D eigenvalue weighted by atomic mass is 32.1. The lowest BCUT2D eigenvalue weighted by molar-refractivity contribution is 0.598. The number of hydrogen-bond donors (Lipinski definition) is 1. The van der Waals surface area contributed by atoms with Crippen LogP contribution >= 0.6 is 11.3 Å². The van der Waals surface area contributed by atoms with Crippen molar-refractivity contribution in [2.24, 2.45) is 0 Å². The monoisotopic (exact) mass is 344 g/mol. The molecule has 4 rings (SSSR count). The molecule has 2 aromatic heterocycles. The largest absolute Gasteiger partial charge is 0.306 e. The van der Waals surface area contributed by atoms with Crippen LogP contribution in [0.5, 0.6) is 0 Å². The summed E-state index contributed by atoms with van der Waals surface area (Å²) in [5, 5.41) is 0.684. The van der Waals surface area contributed by atoms with Gasteiger partial charge in [-0.25, -0.2) is 13.8 Å². The van der Waals surface area contributed by atoms with Crippen LogP contribution in [0.25, 0.3) is 22.4 Å². The minimum atomic E-state index is -0.525. The second kappa shape index (κ2) is 5.94. The highest BCUT2D eigenvalue weighted by Crippen LogP contribution is 2.33. The minimum Gasteiger partial charge on any atom is -0.306 e. The van der Waals surface area contributed by atoms with Crippen molar-refractivity contribution in [1.29, 1.82) is 0 Å². The first-order valence-corrected chi connectivity index (χ1v) is 8.61. The molecule has 2 heterocycles. The van der Waals surface area contributed by atoms with Crippen molar-refractivity contribution in [3.63, 3.8) is 0 Å². The van der Waals surface area contributed by atoms with Crippen LogP contribution in [0, 0.1) is 11.6 Å². The Balaban J connectivity index is 1.76. The molecular formula is C18H14F2N2OS. The second-order valence-corrected chi connectivity index (χ2v) is 6.93. The predicted molar refractivity (Wildman–Crippen MR) is 92.2 cm³/mol. The quantitative estimate of drug-likeness (QED) is 0.753. The van der Waals surface area contributed by atoms with Crippen LogP contribution in [-0.4, -0.2) is 9.97 Å². The third-order valence-electron chi connectivity index (χ3n) is 4.22. The summed E-state index contributed by atoms with van der Waals surface area (Å²) in [7, 11) is 0. The third-order valence-corrected chi connectivity index (χ3v) is 5.41. The third kappa shape index (κ3) is 2.67. The molecule has 1 N–H and O–H groups in total. The lowest BCUT2D eigenvalue weighted by Crippen LogP contribution is -2.11. The molecule has 0 atom stereocenters. The Kier molecular flexibility index (Phi) is 3.76. The van der Waals surface area contributed by atoms with E-state index in [-0.39, 0.29) is 11.1 Å². The standard InChI is InChI=1S/C18H14F2N2OS/c19-11-6-7-13(20)10(9-11)5-8-15-21-17(23)16-12-3-1-2-4-14(12)24-18(16)22-15/h5-9H,1-4H2,(H,21,22,23)/b8-5+. The van der Waals surface area contributed by atoms with Crippen molar-refractivity contribution in [3.8, 4) is 0 Å². The van der Waals surface area contributed by atoms with Gasteiger partial charge in [0.15, 0.2) is 0 Å². The molecule has 24 heavy (non-hydrogen) atoms. The average Bonchev–Trinajstić information content (AvgIpc) is 2.94. The van der Waals surface area contributed by atoms with E-state index in [1.54, 1.807) is 11.3 Å². The van der Waals surface area contributed by atoms with Crippen molar-refractivity contribution in [1.82, 2.24) is 9.97 Å². The van der Waals surface area contributed by atoms with Gasteiger partial charge in [0.1, 0.15) is 22.3 Å². The number of halogens is 2. The first kappa shape index (κ1) is 15.2. The molecule has 3 aromatic rings. The number of fused-ring (bicyclic) bond motifs is 3. The summed E-state index contributed by atoms with van der Waals surface area (Å²) in [6, 6.07) is 3.24. The van der Waals surface area contributed by atoms with E-state index in [0.29, 0.717) is 16.0 Å². The number of thiophene rings is 1. The molecule has 122 valence electrons. The van der Waals surface area contributed by atoms with Crippen molar-refractivity contribution >= 4 is 33.7 Å². The van der Waals surface area contributed by atoms with Crippen LogP contribution in [0.15, 0.2) is 23.0 Å². The van der Waals surface area contributed by atoms with Crippen LogP contribution < -0.4 is 5.56 Å². The Morgan fingerprint density at radius 3 is 2.88 bits per heavy atom. The van der Waals surface area contributed by atoms with Crippen LogP contribution in [-0.2, 0) is 12.8 Å². The van der Waals surface area contributed by atoms with E-state index >= 15 is 0 Å². The number of hydrogen-bond acceptors (Lipinski definition) is 3. The van der Waals surface area contributed by atoms with E-state index in [9.17, 15) is 13.6 Å². The maximum atomic E-state index is 13.7. The fourth-order valence-corrected chi connectivity index (χ4v) is 4.34. The van der Waals surface area contributed by atoms with E-state index in [1.807, 2.05) is 0 Å². The summed E-state index contributed by atoms with van der Waals surface area (Å²) in [4.78, 5) is 21.6. The number of aromatic nitrogens is 2. The number of nitrogens with zero attached hydrogens (tertiary/aromatic N) is 1. The van der Waals surface area contributed by atoms with Gasteiger partial charge in [-0.05, 0) is 61.6 Å². The first-order chi connectivity index (χ1) is 11.6. The fourth-order valence-electron chi connectivity index (χ4n) is 3.07. The maximum Gasteiger partial charge on any atom is 0.260 e. The highest BCUT2D eigenvalue weighted by molar-refractivity contribution is 7.18. The van der Waals surface area contributed by atoms with Gasteiger partial charge < -0.3 is 4.98 Å². The fraction of sp³-hybridized carbons (Fsp3) is 0.222. The zero-order valence-corrected chi connectivity index (χ0v) is 13.6. The molecule has 3 nitrogen and oxygen atoms in total. The van der Waals surface area contributed by atoms with Gasteiger partial charge in [-0.2, -0.15) is 0 Å². The van der Waals surface area contributed by atoms with Gasteiger partial charge in [-0.15, -0.1) is 11.3 Å². The highest BCUT2D eigenvalue weighted by Gasteiger charge is 2.19. The lowest BCUT2D eigenvalue weighted by atomic mass is 9.97. The number of nitrogens with one attached hydrogen (secondary N) is 1. The van der Waals surface area contributed by atoms with Crippen molar-refractivity contribution in [2.45, 2.75) is 25.7 Å². The molecule has 0 spiro atoms. The Labute approximate surface area is 140 Å². The van der Waals surface area contributed by atoms with Gasteiger partial charge in [0, 0.05) is 10.4 Å². The van der Waals surface area contributed by atoms with Crippen molar-refractivity contribution < 1.29 is 8.78 Å². The van der Waals surface area contributed by atoms with E-state index in [0.717, 1.165) is 49.4 Å². The topological polar surface area (TPSA) is 45.8 Å². The summed E-state index contributed by atoms with van der Waals surface area (Å²) >= 11 is 1.56. The van der Waals surface area contributed by atoms with Gasteiger partial charge in [0.05, 0.1) is 5.39 Å². The second-order valence-electron chi connectivity index (χ2n) is 5.84. The molecule has 0 radical (unpaired) electrons. The molecule has 1 aromatic carbocycles. The number of benzene rings is 1. The normalized spacial score (nSPS) is 14.4. The smallest absolute Gasteiger partial charge is 0.260 e. The molecule has 0 fully saturated rings. The van der Waals surface area contributed by atoms with Crippen LogP contribution in [0.2, 0.25) is 0 Å². The van der Waals surface area contributed by atoms with Crippen LogP contribution in [0.1, 0.15) is 34.7 Å². The first-order valence-electron chi connectivity index (χ1n) is 7.79. The van der Waals surface area contributed by atoms with E-state index in [4.69, 9.17) is 0 Å². The van der Waals surface area contributed by atoms with E-state index < -0.39 is 11.6 Å². The predicted octanol–water partition coefficient (Wildman–Crippen LogP) is 4.31. The van der Waals surface area contributed by atoms with Gasteiger partial charge in [-0.1, -0.05) is 0 Å². The number of aryl methyl sites for hydroxylation is 2. The molecule has 0 saturated heterocycles. The Morgan fingerprint density at radius 1 is 1.17 bits per heavy atom.